The van der Waals surface area contributed by atoms with Gasteiger partial charge in [-0.15, -0.1) is 11.3 Å². The number of carbonyl (C=O) groups excluding carboxylic acids is 2. The lowest BCUT2D eigenvalue weighted by Crippen LogP contribution is -2.42. The Labute approximate surface area is 147 Å². The molecule has 0 saturated carbocycles. The molecule has 1 aromatic heterocycles. The fraction of sp³-hybridized carbons (Fsp3) is 0.667. The number of hydrogen-bond donors (Lipinski definition) is 2. The molecule has 24 heavy (non-hydrogen) atoms. The van der Waals surface area contributed by atoms with Crippen molar-refractivity contribution in [2.45, 2.75) is 46.0 Å². The minimum absolute atomic E-state index is 0.0441. The number of likely N-dealkylation sites (tertiary alicyclic amines) is 1. The number of hydrogen-bond acceptors (Lipinski definition) is 4. The largest absolute Gasteiger partial charge is 0.365 e. The number of primary amides is 1. The Hall–Kier alpha value is -1.40. The molecule has 3 N–H and O–H groups in total. The van der Waals surface area contributed by atoms with E-state index < -0.39 is 5.91 Å². The molecule has 1 aliphatic heterocycles. The average molecular weight is 350 g/mol. The molecule has 5 nitrogen and oxygen atoms in total. The summed E-state index contributed by atoms with van der Waals surface area (Å²) < 4.78 is 0. The number of nitrogens with zero attached hydrogens (tertiary/aromatic N) is 1. The van der Waals surface area contributed by atoms with Crippen LogP contribution in [0.2, 0.25) is 0 Å². The molecule has 1 aliphatic carbocycles. The van der Waals surface area contributed by atoms with Crippen LogP contribution in [-0.2, 0) is 17.6 Å². The van der Waals surface area contributed by atoms with Gasteiger partial charge in [-0.1, -0.05) is 13.8 Å². The molecule has 0 aromatic carbocycles. The quantitative estimate of drug-likeness (QED) is 0.877. The molecule has 2 aliphatic rings. The highest BCUT2D eigenvalue weighted by Crippen LogP contribution is 2.37. The second-order valence-electron chi connectivity index (χ2n) is 7.47. The summed E-state index contributed by atoms with van der Waals surface area (Å²) in [6.45, 7) is 6.77. The van der Waals surface area contributed by atoms with E-state index >= 15 is 0 Å². The van der Waals surface area contributed by atoms with Crippen LogP contribution in [0.3, 0.4) is 0 Å². The van der Waals surface area contributed by atoms with Gasteiger partial charge in [-0.05, 0) is 49.5 Å². The predicted octanol–water partition coefficient (Wildman–Crippen LogP) is 2.64. The lowest BCUT2D eigenvalue weighted by Gasteiger charge is -2.34. The summed E-state index contributed by atoms with van der Waals surface area (Å²) in [5.74, 6) is 0.774. The highest BCUT2D eigenvalue weighted by atomic mass is 32.1. The molecule has 3 rings (SSSR count). The maximum Gasteiger partial charge on any atom is 0.251 e. The van der Waals surface area contributed by atoms with Crippen molar-refractivity contribution in [3.05, 3.63) is 16.0 Å². The van der Waals surface area contributed by atoms with Crippen LogP contribution < -0.4 is 11.1 Å². The smallest absolute Gasteiger partial charge is 0.251 e. The first kappa shape index (κ1) is 17.4. The number of fused-ring (bicyclic) bond motifs is 1. The standard InChI is InChI=1S/C18H27N3O2S/c1-11-7-12(2)9-21(8-11)10-15(22)20-18-16(17(19)23)13-5-3-4-6-14(13)24-18/h11-12H,3-10H2,1-2H3,(H2,19,23)(H,20,22)/t11-,12-/m0/s1. The van der Waals surface area contributed by atoms with Gasteiger partial charge in [0.25, 0.3) is 5.91 Å². The van der Waals surface area contributed by atoms with Crippen molar-refractivity contribution >= 4 is 28.2 Å². The van der Waals surface area contributed by atoms with Gasteiger partial charge in [-0.25, -0.2) is 0 Å². The molecule has 0 unspecified atom stereocenters. The summed E-state index contributed by atoms with van der Waals surface area (Å²) in [4.78, 5) is 27.8. The van der Waals surface area contributed by atoms with Gasteiger partial charge >= 0.3 is 0 Å². The fourth-order valence-corrected chi connectivity index (χ4v) is 5.52. The van der Waals surface area contributed by atoms with E-state index in [0.717, 1.165) is 44.3 Å². The Balaban J connectivity index is 1.70. The molecular weight excluding hydrogens is 322 g/mol. The lowest BCUT2D eigenvalue weighted by molar-refractivity contribution is -0.117. The highest BCUT2D eigenvalue weighted by Gasteiger charge is 2.27. The van der Waals surface area contributed by atoms with E-state index in [1.807, 2.05) is 0 Å². The predicted molar refractivity (Wildman–Crippen MR) is 97.5 cm³/mol. The first-order valence-electron chi connectivity index (χ1n) is 8.90. The Morgan fingerprint density at radius 1 is 1.21 bits per heavy atom. The van der Waals surface area contributed by atoms with Crippen LogP contribution in [0, 0.1) is 11.8 Å². The van der Waals surface area contributed by atoms with Crippen LogP contribution in [0.1, 0.15) is 53.9 Å². The van der Waals surface area contributed by atoms with Crippen molar-refractivity contribution in [3.8, 4) is 0 Å². The minimum Gasteiger partial charge on any atom is -0.365 e. The van der Waals surface area contributed by atoms with Crippen LogP contribution in [0.4, 0.5) is 5.00 Å². The SMILES string of the molecule is C[C@H]1C[C@H](C)CN(CC(=O)Nc2sc3c(c2C(N)=O)CCCC3)C1. The first-order valence-corrected chi connectivity index (χ1v) is 9.72. The molecule has 2 heterocycles. The van der Waals surface area contributed by atoms with Crippen molar-refractivity contribution in [2.75, 3.05) is 25.0 Å². The van der Waals surface area contributed by atoms with Crippen molar-refractivity contribution in [3.63, 3.8) is 0 Å². The minimum atomic E-state index is -0.426. The van der Waals surface area contributed by atoms with Crippen LogP contribution >= 0.6 is 11.3 Å². The molecule has 6 heteroatoms. The van der Waals surface area contributed by atoms with Crippen LogP contribution in [0.5, 0.6) is 0 Å². The van der Waals surface area contributed by atoms with Gasteiger partial charge in [0, 0.05) is 18.0 Å². The molecule has 1 aromatic rings. The second kappa shape index (κ2) is 7.23. The van der Waals surface area contributed by atoms with Gasteiger partial charge in [0.1, 0.15) is 5.00 Å². The van der Waals surface area contributed by atoms with E-state index in [-0.39, 0.29) is 5.91 Å². The summed E-state index contributed by atoms with van der Waals surface area (Å²) in [5, 5.41) is 3.61. The molecular formula is C18H27N3O2S. The number of nitrogens with two attached hydrogens (primary N) is 1. The van der Waals surface area contributed by atoms with Crippen molar-refractivity contribution in [1.29, 1.82) is 0 Å². The number of rotatable bonds is 4. The van der Waals surface area contributed by atoms with Crippen molar-refractivity contribution in [1.82, 2.24) is 4.90 Å². The van der Waals surface area contributed by atoms with Gasteiger partial charge in [0.2, 0.25) is 5.91 Å². The molecule has 0 radical (unpaired) electrons. The van der Waals surface area contributed by atoms with Gasteiger partial charge in [0.05, 0.1) is 12.1 Å². The zero-order valence-corrected chi connectivity index (χ0v) is 15.4. The van der Waals surface area contributed by atoms with Crippen LogP contribution in [0.25, 0.3) is 0 Å². The van der Waals surface area contributed by atoms with Gasteiger partial charge < -0.3 is 11.1 Å². The topological polar surface area (TPSA) is 75.4 Å². The Morgan fingerprint density at radius 3 is 2.54 bits per heavy atom. The Morgan fingerprint density at radius 2 is 1.88 bits per heavy atom. The molecule has 132 valence electrons. The van der Waals surface area contributed by atoms with E-state index in [0.29, 0.717) is 28.9 Å². The number of carbonyl (C=O) groups is 2. The first-order chi connectivity index (χ1) is 11.4. The number of thiophene rings is 1. The summed E-state index contributed by atoms with van der Waals surface area (Å²) in [6.07, 6.45) is 5.32. The summed E-state index contributed by atoms with van der Waals surface area (Å²) >= 11 is 1.53. The number of aryl methyl sites for hydroxylation is 1. The second-order valence-corrected chi connectivity index (χ2v) is 8.57. The average Bonchev–Trinajstić information content (AvgIpc) is 2.83. The monoisotopic (exact) mass is 349 g/mol. The number of piperidine rings is 1. The number of nitrogens with one attached hydrogen (secondary N) is 1. The van der Waals surface area contributed by atoms with Crippen LogP contribution in [-0.4, -0.2) is 36.3 Å². The third kappa shape index (κ3) is 3.81. The van der Waals surface area contributed by atoms with E-state index in [9.17, 15) is 9.59 Å². The fourth-order valence-electron chi connectivity index (χ4n) is 4.20. The summed E-state index contributed by atoms with van der Waals surface area (Å²) in [5.41, 5.74) is 7.19. The van der Waals surface area contributed by atoms with Crippen LogP contribution in [0.15, 0.2) is 0 Å². The molecule has 1 saturated heterocycles. The van der Waals surface area contributed by atoms with E-state index in [4.69, 9.17) is 5.73 Å². The zero-order chi connectivity index (χ0) is 17.3. The Kier molecular flexibility index (Phi) is 5.25. The van der Waals surface area contributed by atoms with Crippen molar-refractivity contribution < 1.29 is 9.59 Å². The summed E-state index contributed by atoms with van der Waals surface area (Å²) in [6, 6.07) is 0. The molecule has 0 bridgehead atoms. The van der Waals surface area contributed by atoms with Gasteiger partial charge in [0.15, 0.2) is 0 Å². The van der Waals surface area contributed by atoms with Gasteiger partial charge in [-0.3, -0.25) is 14.5 Å². The molecule has 2 amide bonds. The molecule has 0 spiro atoms. The number of amides is 2. The molecule has 1 fully saturated rings. The number of anilines is 1. The van der Waals surface area contributed by atoms with Crippen molar-refractivity contribution in [2.24, 2.45) is 17.6 Å². The van der Waals surface area contributed by atoms with E-state index in [1.165, 1.54) is 22.6 Å². The third-order valence-corrected chi connectivity index (χ3v) is 6.19. The Bertz CT molecular complexity index is 630. The lowest BCUT2D eigenvalue weighted by atomic mass is 9.92. The maximum absolute atomic E-state index is 12.5. The van der Waals surface area contributed by atoms with Gasteiger partial charge in [-0.2, -0.15) is 0 Å². The van der Waals surface area contributed by atoms with E-state index in [2.05, 4.69) is 24.1 Å². The molecule has 2 atom stereocenters. The highest BCUT2D eigenvalue weighted by molar-refractivity contribution is 7.17. The third-order valence-electron chi connectivity index (χ3n) is 4.98. The summed E-state index contributed by atoms with van der Waals surface area (Å²) in [7, 11) is 0. The zero-order valence-electron chi connectivity index (χ0n) is 14.6. The van der Waals surface area contributed by atoms with E-state index in [1.54, 1.807) is 0 Å². The normalized spacial score (nSPS) is 24.4. The maximum atomic E-state index is 12.5.